The molecule has 39 heavy (non-hydrogen) atoms. The molecule has 2 amide bonds. The molecule has 8 heteroatoms. The highest BCUT2D eigenvalue weighted by molar-refractivity contribution is 6.31. The SMILES string of the molecule is O=C(NCc1ccccc1Cl)c1ccc(NC(=O)c2cc3ccccc3[nH]2)c(OCCc2ccc(O)cc2)c1. The fraction of sp³-hybridized carbons (Fsp3) is 0.0968. The quantitative estimate of drug-likeness (QED) is 0.176. The number of aromatic amines is 1. The monoisotopic (exact) mass is 539 g/mol. The van der Waals surface area contributed by atoms with Crippen molar-refractivity contribution in [2.75, 3.05) is 11.9 Å². The van der Waals surface area contributed by atoms with Crippen LogP contribution in [0.3, 0.4) is 0 Å². The van der Waals surface area contributed by atoms with Gasteiger partial charge in [0.1, 0.15) is 17.2 Å². The molecule has 0 aliphatic heterocycles. The molecular formula is C31H26ClN3O4. The van der Waals surface area contributed by atoms with Gasteiger partial charge in [0.15, 0.2) is 0 Å². The molecule has 196 valence electrons. The number of para-hydroxylation sites is 1. The summed E-state index contributed by atoms with van der Waals surface area (Å²) in [6.07, 6.45) is 0.568. The van der Waals surface area contributed by atoms with Gasteiger partial charge in [-0.05, 0) is 59.7 Å². The number of anilines is 1. The Hall–Kier alpha value is -4.75. The van der Waals surface area contributed by atoms with Crippen LogP contribution in [0.15, 0.2) is 97.1 Å². The molecule has 0 bridgehead atoms. The molecule has 0 saturated carbocycles. The van der Waals surface area contributed by atoms with Crippen molar-refractivity contribution >= 4 is 40.0 Å². The van der Waals surface area contributed by atoms with Crippen LogP contribution in [0.1, 0.15) is 32.0 Å². The third kappa shape index (κ3) is 6.40. The van der Waals surface area contributed by atoms with Crippen LogP contribution in [0.2, 0.25) is 5.02 Å². The van der Waals surface area contributed by atoms with Gasteiger partial charge in [-0.15, -0.1) is 0 Å². The van der Waals surface area contributed by atoms with Gasteiger partial charge >= 0.3 is 0 Å². The van der Waals surface area contributed by atoms with E-state index in [-0.39, 0.29) is 24.1 Å². The summed E-state index contributed by atoms with van der Waals surface area (Å²) < 4.78 is 6.05. The highest BCUT2D eigenvalue weighted by Crippen LogP contribution is 2.28. The number of aromatic hydroxyl groups is 1. The predicted molar refractivity (Wildman–Crippen MR) is 153 cm³/mol. The Morgan fingerprint density at radius 3 is 2.44 bits per heavy atom. The summed E-state index contributed by atoms with van der Waals surface area (Å²) in [5.74, 6) is -0.0712. The van der Waals surface area contributed by atoms with Gasteiger partial charge in [0.05, 0.1) is 12.3 Å². The van der Waals surface area contributed by atoms with Crippen molar-refractivity contribution in [2.24, 2.45) is 0 Å². The highest BCUT2D eigenvalue weighted by Gasteiger charge is 2.16. The number of phenols is 1. The molecule has 0 aliphatic rings. The third-order valence-electron chi connectivity index (χ3n) is 6.25. The Kier molecular flexibility index (Phi) is 7.80. The maximum absolute atomic E-state index is 13.1. The number of fused-ring (bicyclic) bond motifs is 1. The van der Waals surface area contributed by atoms with E-state index in [1.807, 2.05) is 54.6 Å². The first kappa shape index (κ1) is 25.9. The van der Waals surface area contributed by atoms with E-state index in [1.165, 1.54) is 0 Å². The normalized spacial score (nSPS) is 10.8. The second kappa shape index (κ2) is 11.8. The summed E-state index contributed by atoms with van der Waals surface area (Å²) in [4.78, 5) is 29.1. The van der Waals surface area contributed by atoms with E-state index in [4.69, 9.17) is 16.3 Å². The van der Waals surface area contributed by atoms with Crippen molar-refractivity contribution in [2.45, 2.75) is 13.0 Å². The molecule has 1 heterocycles. The van der Waals surface area contributed by atoms with E-state index in [2.05, 4.69) is 15.6 Å². The molecule has 0 radical (unpaired) electrons. The molecule has 0 unspecified atom stereocenters. The summed E-state index contributed by atoms with van der Waals surface area (Å²) in [6, 6.07) is 28.5. The van der Waals surface area contributed by atoms with E-state index in [9.17, 15) is 14.7 Å². The molecule has 0 spiro atoms. The standard InChI is InChI=1S/C31H26ClN3O4/c32-25-7-3-1-6-23(25)19-33-30(37)22-11-14-27(29(18-22)39-16-15-20-9-12-24(36)13-10-20)35-31(38)28-17-21-5-2-4-8-26(21)34-28/h1-14,17-18,34,36H,15-16,19H2,(H,33,37)(H,35,38). The Morgan fingerprint density at radius 1 is 0.872 bits per heavy atom. The number of aromatic nitrogens is 1. The second-order valence-electron chi connectivity index (χ2n) is 8.97. The maximum atomic E-state index is 13.1. The number of benzene rings is 4. The van der Waals surface area contributed by atoms with Crippen LogP contribution < -0.4 is 15.4 Å². The number of amides is 2. The molecule has 4 aromatic carbocycles. The van der Waals surface area contributed by atoms with E-state index < -0.39 is 0 Å². The zero-order chi connectivity index (χ0) is 27.2. The largest absolute Gasteiger partial charge is 0.508 e. The van der Waals surface area contributed by atoms with E-state index in [1.54, 1.807) is 42.5 Å². The van der Waals surface area contributed by atoms with Crippen molar-refractivity contribution in [3.8, 4) is 11.5 Å². The molecule has 1 aromatic heterocycles. The van der Waals surface area contributed by atoms with Gasteiger partial charge in [-0.3, -0.25) is 9.59 Å². The van der Waals surface area contributed by atoms with Gasteiger partial charge in [-0.2, -0.15) is 0 Å². The van der Waals surface area contributed by atoms with Crippen molar-refractivity contribution < 1.29 is 19.4 Å². The Balaban J connectivity index is 1.34. The zero-order valence-corrected chi connectivity index (χ0v) is 21.7. The van der Waals surface area contributed by atoms with Crippen molar-refractivity contribution in [3.05, 3.63) is 124 Å². The number of rotatable bonds is 9. The summed E-state index contributed by atoms with van der Waals surface area (Å²) in [5, 5.41) is 16.8. The van der Waals surface area contributed by atoms with Crippen LogP contribution >= 0.6 is 11.6 Å². The number of hydrogen-bond acceptors (Lipinski definition) is 4. The maximum Gasteiger partial charge on any atom is 0.272 e. The highest BCUT2D eigenvalue weighted by atomic mass is 35.5. The van der Waals surface area contributed by atoms with Crippen LogP contribution in [0.5, 0.6) is 11.5 Å². The number of carbonyl (C=O) groups excluding carboxylic acids is 2. The number of H-pyrrole nitrogens is 1. The third-order valence-corrected chi connectivity index (χ3v) is 6.62. The van der Waals surface area contributed by atoms with Crippen molar-refractivity contribution in [1.82, 2.24) is 10.3 Å². The number of nitrogens with one attached hydrogen (secondary N) is 3. The molecule has 0 aliphatic carbocycles. The molecule has 5 rings (SSSR count). The number of phenolic OH excluding ortho intramolecular Hbond substituents is 1. The Labute approximate surface area is 230 Å². The minimum atomic E-state index is -0.328. The molecule has 0 fully saturated rings. The van der Waals surface area contributed by atoms with Gasteiger partial charge in [-0.1, -0.05) is 60.1 Å². The molecular weight excluding hydrogens is 514 g/mol. The van der Waals surface area contributed by atoms with Gasteiger partial charge < -0.3 is 25.5 Å². The smallest absolute Gasteiger partial charge is 0.272 e. The first-order valence-corrected chi connectivity index (χ1v) is 12.8. The lowest BCUT2D eigenvalue weighted by molar-refractivity contribution is 0.0950. The number of halogens is 1. The fourth-order valence-corrected chi connectivity index (χ4v) is 4.33. The first-order chi connectivity index (χ1) is 19.0. The molecule has 5 aromatic rings. The number of carbonyl (C=O) groups is 2. The van der Waals surface area contributed by atoms with Gasteiger partial charge in [0.25, 0.3) is 11.8 Å². The van der Waals surface area contributed by atoms with Crippen molar-refractivity contribution in [3.63, 3.8) is 0 Å². The van der Waals surface area contributed by atoms with Crippen LogP contribution in [0.4, 0.5) is 5.69 Å². The average Bonchev–Trinajstić information content (AvgIpc) is 3.39. The summed E-state index contributed by atoms with van der Waals surface area (Å²) in [5.41, 5.74) is 3.87. The Bertz CT molecular complexity index is 1600. The van der Waals surface area contributed by atoms with Gasteiger partial charge in [0.2, 0.25) is 0 Å². The number of ether oxygens (including phenoxy) is 1. The van der Waals surface area contributed by atoms with E-state index >= 15 is 0 Å². The van der Waals surface area contributed by atoms with Gasteiger partial charge in [-0.25, -0.2) is 0 Å². The number of hydrogen-bond donors (Lipinski definition) is 4. The van der Waals surface area contributed by atoms with Crippen LogP contribution in [-0.2, 0) is 13.0 Å². The van der Waals surface area contributed by atoms with E-state index in [0.29, 0.717) is 40.7 Å². The van der Waals surface area contributed by atoms with Crippen LogP contribution in [0, 0.1) is 0 Å². The topological polar surface area (TPSA) is 103 Å². The predicted octanol–water partition coefficient (Wildman–Crippen LogP) is 6.33. The average molecular weight is 540 g/mol. The van der Waals surface area contributed by atoms with Gasteiger partial charge in [0, 0.05) is 34.5 Å². The fourth-order valence-electron chi connectivity index (χ4n) is 4.13. The Morgan fingerprint density at radius 2 is 1.64 bits per heavy atom. The lowest BCUT2D eigenvalue weighted by Crippen LogP contribution is -2.23. The molecule has 4 N–H and O–H groups in total. The minimum absolute atomic E-state index is 0.192. The summed E-state index contributed by atoms with van der Waals surface area (Å²) in [7, 11) is 0. The molecule has 0 saturated heterocycles. The first-order valence-electron chi connectivity index (χ1n) is 12.4. The van der Waals surface area contributed by atoms with E-state index in [0.717, 1.165) is 22.0 Å². The minimum Gasteiger partial charge on any atom is -0.508 e. The zero-order valence-electron chi connectivity index (χ0n) is 20.9. The van der Waals surface area contributed by atoms with Crippen LogP contribution in [0.25, 0.3) is 10.9 Å². The second-order valence-corrected chi connectivity index (χ2v) is 9.38. The molecule has 0 atom stereocenters. The summed E-state index contributed by atoms with van der Waals surface area (Å²) >= 11 is 6.21. The molecule has 7 nitrogen and oxygen atoms in total. The summed E-state index contributed by atoms with van der Waals surface area (Å²) in [6.45, 7) is 0.569. The van der Waals surface area contributed by atoms with Crippen LogP contribution in [-0.4, -0.2) is 28.5 Å². The van der Waals surface area contributed by atoms with Crippen molar-refractivity contribution in [1.29, 1.82) is 0 Å². The lowest BCUT2D eigenvalue weighted by Gasteiger charge is -2.14. The lowest BCUT2D eigenvalue weighted by atomic mass is 10.1.